The molecular formula is C20H22N2O6S. The fourth-order valence-corrected chi connectivity index (χ4v) is 5.06. The summed E-state index contributed by atoms with van der Waals surface area (Å²) in [6.07, 6.45) is 1.84. The summed E-state index contributed by atoms with van der Waals surface area (Å²) in [7, 11) is -1.60. The third kappa shape index (κ3) is 4.73. The van der Waals surface area contributed by atoms with Gasteiger partial charge in [0.15, 0.2) is 22.2 Å². The molecule has 1 amide bonds. The first-order valence-electron chi connectivity index (χ1n) is 9.10. The van der Waals surface area contributed by atoms with Crippen LogP contribution in [0.3, 0.4) is 0 Å². The summed E-state index contributed by atoms with van der Waals surface area (Å²) in [6.45, 7) is 0.853. The number of rotatable bonds is 6. The van der Waals surface area contributed by atoms with Gasteiger partial charge in [0.05, 0.1) is 17.5 Å². The van der Waals surface area contributed by atoms with Gasteiger partial charge in [0.25, 0.3) is 5.91 Å². The lowest BCUT2D eigenvalue weighted by Crippen LogP contribution is -2.43. The van der Waals surface area contributed by atoms with Crippen LogP contribution < -0.4 is 4.90 Å². The van der Waals surface area contributed by atoms with Crippen molar-refractivity contribution in [2.75, 3.05) is 23.0 Å². The minimum atomic E-state index is -3.20. The number of hydrogen-bond acceptors (Lipinski definition) is 6. The second-order valence-electron chi connectivity index (χ2n) is 7.01. The zero-order valence-corrected chi connectivity index (χ0v) is 17.0. The number of ketones is 1. The van der Waals surface area contributed by atoms with Crippen LogP contribution in [0.1, 0.15) is 34.2 Å². The van der Waals surface area contributed by atoms with E-state index < -0.39 is 34.4 Å². The average Bonchev–Trinajstić information content (AvgIpc) is 3.23. The Labute approximate surface area is 169 Å². The second-order valence-corrected chi connectivity index (χ2v) is 9.24. The molecular weight excluding hydrogens is 396 g/mol. The summed E-state index contributed by atoms with van der Waals surface area (Å²) in [6, 6.07) is 9.61. The van der Waals surface area contributed by atoms with Crippen molar-refractivity contribution in [1.82, 2.24) is 4.57 Å². The molecule has 0 unspecified atom stereocenters. The summed E-state index contributed by atoms with van der Waals surface area (Å²) in [5, 5.41) is 0. The van der Waals surface area contributed by atoms with Gasteiger partial charge < -0.3 is 14.2 Å². The molecule has 0 saturated carbocycles. The number of aryl methyl sites for hydroxylation is 1. The van der Waals surface area contributed by atoms with Gasteiger partial charge in [0.1, 0.15) is 5.69 Å². The zero-order valence-electron chi connectivity index (χ0n) is 16.2. The molecule has 1 aromatic heterocycles. The lowest BCUT2D eigenvalue weighted by molar-refractivity contribution is -0.122. The molecule has 1 aliphatic heterocycles. The van der Waals surface area contributed by atoms with E-state index in [0.717, 1.165) is 0 Å². The van der Waals surface area contributed by atoms with Crippen LogP contribution >= 0.6 is 0 Å². The highest BCUT2D eigenvalue weighted by Gasteiger charge is 2.35. The molecule has 0 radical (unpaired) electrons. The van der Waals surface area contributed by atoms with Crippen molar-refractivity contribution in [3.8, 4) is 0 Å². The topological polar surface area (TPSA) is 103 Å². The lowest BCUT2D eigenvalue weighted by Gasteiger charge is -2.28. The Hall–Kier alpha value is -2.94. The van der Waals surface area contributed by atoms with Crippen molar-refractivity contribution in [3.63, 3.8) is 0 Å². The molecule has 2 aromatic rings. The maximum absolute atomic E-state index is 12.9. The molecule has 9 heteroatoms. The zero-order chi connectivity index (χ0) is 21.2. The van der Waals surface area contributed by atoms with Gasteiger partial charge in [-0.05, 0) is 31.5 Å². The van der Waals surface area contributed by atoms with E-state index in [4.69, 9.17) is 4.74 Å². The first kappa shape index (κ1) is 20.8. The Morgan fingerprint density at radius 3 is 2.45 bits per heavy atom. The van der Waals surface area contributed by atoms with Gasteiger partial charge in [-0.3, -0.25) is 9.59 Å². The molecule has 1 aliphatic rings. The summed E-state index contributed by atoms with van der Waals surface area (Å²) in [5.74, 6) is -1.53. The van der Waals surface area contributed by atoms with Gasteiger partial charge in [-0.25, -0.2) is 13.2 Å². The van der Waals surface area contributed by atoms with Gasteiger partial charge >= 0.3 is 5.97 Å². The van der Waals surface area contributed by atoms with E-state index in [2.05, 4.69) is 0 Å². The number of carbonyl (C=O) groups is 3. The standard InChI is InChI=1S/C20H22N2O6S/c1-14(23)15-10-18(21(2)11-15)20(25)28-12-19(24)22(16-6-4-3-5-7-16)17-8-9-29(26,27)13-17/h3-7,10-11,17H,8-9,12-13H2,1-2H3/t17-/m1/s1. The molecule has 1 atom stereocenters. The Kier molecular flexibility index (Phi) is 5.88. The summed E-state index contributed by atoms with van der Waals surface area (Å²) < 4.78 is 30.4. The van der Waals surface area contributed by atoms with Crippen molar-refractivity contribution in [2.24, 2.45) is 7.05 Å². The van der Waals surface area contributed by atoms with Crippen LogP contribution in [0.25, 0.3) is 0 Å². The first-order valence-corrected chi connectivity index (χ1v) is 10.9. The molecule has 2 heterocycles. The summed E-state index contributed by atoms with van der Waals surface area (Å²) >= 11 is 0. The third-order valence-electron chi connectivity index (χ3n) is 4.82. The molecule has 0 N–H and O–H groups in total. The van der Waals surface area contributed by atoms with E-state index in [1.54, 1.807) is 37.4 Å². The number of aromatic nitrogens is 1. The molecule has 0 bridgehead atoms. The Balaban J connectivity index is 1.75. The smallest absolute Gasteiger partial charge is 0.355 e. The van der Waals surface area contributed by atoms with Crippen molar-refractivity contribution in [3.05, 3.63) is 53.9 Å². The number of nitrogens with zero attached hydrogens (tertiary/aromatic N) is 2. The highest BCUT2D eigenvalue weighted by molar-refractivity contribution is 7.91. The number of carbonyl (C=O) groups excluding carboxylic acids is 3. The first-order chi connectivity index (χ1) is 13.7. The van der Waals surface area contributed by atoms with Gasteiger partial charge in [-0.2, -0.15) is 0 Å². The highest BCUT2D eigenvalue weighted by atomic mass is 32.2. The quantitative estimate of drug-likeness (QED) is 0.522. The number of esters is 1. The van der Waals surface area contributed by atoms with Crippen LogP contribution in [-0.2, 0) is 26.4 Å². The van der Waals surface area contributed by atoms with Crippen LogP contribution in [0.4, 0.5) is 5.69 Å². The van der Waals surface area contributed by atoms with Crippen LogP contribution in [0.5, 0.6) is 0 Å². The van der Waals surface area contributed by atoms with Crippen molar-refractivity contribution < 1.29 is 27.5 Å². The molecule has 154 valence electrons. The van der Waals surface area contributed by atoms with Crippen molar-refractivity contribution >= 4 is 33.2 Å². The monoisotopic (exact) mass is 418 g/mol. The van der Waals surface area contributed by atoms with Crippen LogP contribution in [0.15, 0.2) is 42.6 Å². The molecule has 8 nitrogen and oxygen atoms in total. The molecule has 1 fully saturated rings. The maximum atomic E-state index is 12.9. The van der Waals surface area contributed by atoms with E-state index in [9.17, 15) is 22.8 Å². The molecule has 1 aromatic carbocycles. The molecule has 1 saturated heterocycles. The van der Waals surface area contributed by atoms with Crippen LogP contribution in [0, 0.1) is 0 Å². The Bertz CT molecular complexity index is 1040. The average molecular weight is 418 g/mol. The third-order valence-corrected chi connectivity index (χ3v) is 6.57. The SMILES string of the molecule is CC(=O)c1cc(C(=O)OCC(=O)N(c2ccccc2)[C@@H]2CCS(=O)(=O)C2)n(C)c1. The fraction of sp³-hybridized carbons (Fsp3) is 0.350. The number of ether oxygens (including phenoxy) is 1. The van der Waals surface area contributed by atoms with E-state index in [1.165, 1.54) is 28.7 Å². The van der Waals surface area contributed by atoms with Crippen LogP contribution in [0.2, 0.25) is 0 Å². The summed E-state index contributed by atoms with van der Waals surface area (Å²) in [4.78, 5) is 38.1. The number of hydrogen-bond donors (Lipinski definition) is 0. The normalized spacial score (nSPS) is 17.7. The molecule has 0 spiro atoms. The van der Waals surface area contributed by atoms with Crippen LogP contribution in [-0.4, -0.2) is 54.8 Å². The van der Waals surface area contributed by atoms with Gasteiger partial charge in [-0.1, -0.05) is 18.2 Å². The largest absolute Gasteiger partial charge is 0.451 e. The number of sulfone groups is 1. The number of amides is 1. The minimum absolute atomic E-state index is 0.0191. The number of Topliss-reactive ketones (excluding diaryl/α,β-unsaturated/α-hetero) is 1. The van der Waals surface area contributed by atoms with Crippen molar-refractivity contribution in [1.29, 1.82) is 0 Å². The molecule has 0 aliphatic carbocycles. The van der Waals surface area contributed by atoms with E-state index >= 15 is 0 Å². The van der Waals surface area contributed by atoms with Gasteiger partial charge in [0.2, 0.25) is 0 Å². The predicted octanol–water partition coefficient (Wildman–Crippen LogP) is 1.60. The second kappa shape index (κ2) is 8.20. The number of benzene rings is 1. The molecule has 3 rings (SSSR count). The molecule has 29 heavy (non-hydrogen) atoms. The number of para-hydroxylation sites is 1. The van der Waals surface area contributed by atoms with E-state index in [0.29, 0.717) is 17.7 Å². The van der Waals surface area contributed by atoms with Gasteiger partial charge in [-0.15, -0.1) is 0 Å². The Morgan fingerprint density at radius 2 is 1.90 bits per heavy atom. The van der Waals surface area contributed by atoms with E-state index in [-0.39, 0.29) is 23.0 Å². The maximum Gasteiger partial charge on any atom is 0.355 e. The summed E-state index contributed by atoms with van der Waals surface area (Å²) in [5.41, 5.74) is 1.07. The number of anilines is 1. The van der Waals surface area contributed by atoms with Gasteiger partial charge in [0, 0.05) is 24.5 Å². The fourth-order valence-electron chi connectivity index (χ4n) is 3.36. The van der Waals surface area contributed by atoms with E-state index in [1.807, 2.05) is 0 Å². The minimum Gasteiger partial charge on any atom is -0.451 e. The highest BCUT2D eigenvalue weighted by Crippen LogP contribution is 2.24. The Morgan fingerprint density at radius 1 is 1.21 bits per heavy atom. The predicted molar refractivity (Wildman–Crippen MR) is 107 cm³/mol. The van der Waals surface area contributed by atoms with Crippen molar-refractivity contribution in [2.45, 2.75) is 19.4 Å². The lowest BCUT2D eigenvalue weighted by atomic mass is 10.2.